The van der Waals surface area contributed by atoms with Gasteiger partial charge in [0.05, 0.1) is 26.4 Å². The maximum atomic E-state index is 13.1. The van der Waals surface area contributed by atoms with E-state index in [1.165, 1.54) is 64.2 Å². The minimum absolute atomic E-state index is 0.0738. The molecule has 0 amide bonds. The first kappa shape index (κ1) is 93.5. The van der Waals surface area contributed by atoms with Gasteiger partial charge in [0.25, 0.3) is 0 Å². The number of phosphoric acid groups is 2. The van der Waals surface area contributed by atoms with E-state index >= 15 is 0 Å². The first-order chi connectivity index (χ1) is 47.7. The van der Waals surface area contributed by atoms with Crippen LogP contribution in [0, 0.1) is 0 Å². The highest BCUT2D eigenvalue weighted by atomic mass is 31.2. The molecule has 5 atom stereocenters. The molecule has 0 heterocycles. The maximum Gasteiger partial charge on any atom is 0.472 e. The lowest BCUT2D eigenvalue weighted by Crippen LogP contribution is -2.30. The Balaban J connectivity index is 5.37. The molecule has 0 aliphatic rings. The minimum Gasteiger partial charge on any atom is -0.462 e. The number of esters is 4. The molecule has 0 aromatic heterocycles. The van der Waals surface area contributed by atoms with E-state index in [4.69, 9.17) is 37.0 Å². The molecular formula is C79H134O17P2. The molecule has 0 radical (unpaired) electrons. The molecule has 0 saturated carbocycles. The van der Waals surface area contributed by atoms with Crippen molar-refractivity contribution >= 4 is 39.5 Å². The number of phosphoric ester groups is 2. The molecule has 0 aliphatic heterocycles. The lowest BCUT2D eigenvalue weighted by atomic mass is 10.1. The van der Waals surface area contributed by atoms with Crippen molar-refractivity contribution in [1.29, 1.82) is 0 Å². The van der Waals surface area contributed by atoms with Crippen LogP contribution >= 0.6 is 15.6 Å². The van der Waals surface area contributed by atoms with E-state index in [2.05, 4.69) is 149 Å². The van der Waals surface area contributed by atoms with Gasteiger partial charge in [-0.3, -0.25) is 37.3 Å². The Hall–Kier alpha value is -4.54. The number of allylic oxidation sites excluding steroid dienone is 20. The summed E-state index contributed by atoms with van der Waals surface area (Å²) in [6.07, 6.45) is 76.3. The lowest BCUT2D eigenvalue weighted by Gasteiger charge is -2.21. The summed E-state index contributed by atoms with van der Waals surface area (Å²) >= 11 is 0. The average molecular weight is 1420 g/mol. The maximum absolute atomic E-state index is 13.1. The molecule has 0 bridgehead atoms. The number of unbranched alkanes of at least 4 members (excludes halogenated alkanes) is 24. The second kappa shape index (κ2) is 70.9. The van der Waals surface area contributed by atoms with Crippen LogP contribution in [-0.2, 0) is 65.4 Å². The van der Waals surface area contributed by atoms with Gasteiger partial charge in [0.15, 0.2) is 12.2 Å². The van der Waals surface area contributed by atoms with Crippen LogP contribution in [0.2, 0.25) is 0 Å². The molecule has 0 aliphatic carbocycles. The molecule has 0 aromatic carbocycles. The Morgan fingerprint density at radius 3 is 0.867 bits per heavy atom. The van der Waals surface area contributed by atoms with Crippen LogP contribution in [0.1, 0.15) is 297 Å². The molecular weight excluding hydrogens is 1280 g/mol. The van der Waals surface area contributed by atoms with Gasteiger partial charge < -0.3 is 33.8 Å². The number of aliphatic hydroxyl groups excluding tert-OH is 1. The summed E-state index contributed by atoms with van der Waals surface area (Å²) in [5.74, 6) is -2.27. The molecule has 562 valence electrons. The van der Waals surface area contributed by atoms with E-state index in [0.717, 1.165) is 154 Å². The molecule has 5 unspecified atom stereocenters. The van der Waals surface area contributed by atoms with E-state index in [-0.39, 0.29) is 25.7 Å². The fraction of sp³-hybridized carbons (Fsp3) is 0.696. The first-order valence-corrected chi connectivity index (χ1v) is 40.8. The molecule has 0 aromatic rings. The molecule has 0 rings (SSSR count). The Labute approximate surface area is 593 Å². The molecule has 3 N–H and O–H groups in total. The topological polar surface area (TPSA) is 237 Å². The standard InChI is InChI=1S/C79H134O17P2/c1-5-9-13-17-21-25-29-32-34-35-36-37-39-42-45-48-52-56-60-64-77(82)89-69-74(95-78(83)65-61-57-53-49-43-28-24-20-16-12-8-4)71-93-97(85,86)91-67-73(80)68-92-98(87,88)94-72-75(96-79(84)66-62-58-54-50-46-40-31-27-23-19-15-11-7-3)70-90-76(81)63-59-55-51-47-44-41-38-33-30-26-22-18-14-10-6-2/h9-10,13-14,21-22,25-27,31-34,36-38,42,44-45,47,73-75,80H,5-8,11-12,15-20,23-24,28-30,35,39-41,43,46,48-72H2,1-4H3,(H,85,86)(H,87,88)/b13-9-,14-10-,25-21-,26-22-,31-27-,34-32-,37-36-,38-33-,45-42-,47-44-. The van der Waals surface area contributed by atoms with E-state index < -0.39 is 97.5 Å². The van der Waals surface area contributed by atoms with Crippen LogP contribution in [-0.4, -0.2) is 96.7 Å². The summed E-state index contributed by atoms with van der Waals surface area (Å²) in [6, 6.07) is 0. The second-order valence-electron chi connectivity index (χ2n) is 24.8. The van der Waals surface area contributed by atoms with Gasteiger partial charge in [-0.25, -0.2) is 9.13 Å². The van der Waals surface area contributed by atoms with Crippen LogP contribution in [0.5, 0.6) is 0 Å². The molecule has 19 heteroatoms. The Morgan fingerprint density at radius 1 is 0.296 bits per heavy atom. The third-order valence-electron chi connectivity index (χ3n) is 15.4. The summed E-state index contributed by atoms with van der Waals surface area (Å²) in [4.78, 5) is 72.7. The number of hydrogen-bond acceptors (Lipinski definition) is 15. The van der Waals surface area contributed by atoms with Gasteiger partial charge in [0.1, 0.15) is 19.3 Å². The smallest absolute Gasteiger partial charge is 0.462 e. The third kappa shape index (κ3) is 69.9. The summed E-state index contributed by atoms with van der Waals surface area (Å²) in [6.45, 7) is 4.52. The fourth-order valence-corrected chi connectivity index (χ4v) is 11.3. The van der Waals surface area contributed by atoms with Crippen LogP contribution in [0.3, 0.4) is 0 Å². The van der Waals surface area contributed by atoms with Crippen molar-refractivity contribution in [3.8, 4) is 0 Å². The van der Waals surface area contributed by atoms with E-state index in [1.807, 2.05) is 0 Å². The predicted octanol–water partition coefficient (Wildman–Crippen LogP) is 21.6. The molecule has 0 fully saturated rings. The zero-order valence-electron chi connectivity index (χ0n) is 61.2. The number of carbonyl (C=O) groups is 4. The molecule has 98 heavy (non-hydrogen) atoms. The number of rotatable bonds is 70. The average Bonchev–Trinajstić information content (AvgIpc) is 1.00. The van der Waals surface area contributed by atoms with Crippen LogP contribution in [0.25, 0.3) is 0 Å². The van der Waals surface area contributed by atoms with Crippen molar-refractivity contribution in [1.82, 2.24) is 0 Å². The summed E-state index contributed by atoms with van der Waals surface area (Å²) in [5, 5.41) is 10.6. The van der Waals surface area contributed by atoms with Crippen molar-refractivity contribution in [3.63, 3.8) is 0 Å². The number of aliphatic hydroxyl groups is 1. The highest BCUT2D eigenvalue weighted by Gasteiger charge is 2.30. The van der Waals surface area contributed by atoms with E-state index in [0.29, 0.717) is 25.7 Å². The minimum atomic E-state index is -4.98. The Morgan fingerprint density at radius 2 is 0.531 bits per heavy atom. The largest absolute Gasteiger partial charge is 0.472 e. The monoisotopic (exact) mass is 1420 g/mol. The fourth-order valence-electron chi connectivity index (χ4n) is 9.70. The van der Waals surface area contributed by atoms with Crippen molar-refractivity contribution < 1.29 is 80.2 Å². The van der Waals surface area contributed by atoms with Crippen LogP contribution in [0.15, 0.2) is 122 Å². The van der Waals surface area contributed by atoms with Gasteiger partial charge in [-0.1, -0.05) is 258 Å². The summed E-state index contributed by atoms with van der Waals surface area (Å²) in [7, 11) is -9.97. The summed E-state index contributed by atoms with van der Waals surface area (Å²) < 4.78 is 68.3. The van der Waals surface area contributed by atoms with E-state index in [9.17, 15) is 43.2 Å². The SMILES string of the molecule is CC/C=C\C/C=C\C/C=C\C/C=C\C/C=C\CCCCCC(=O)OCC(COP(=O)(O)OCC(O)COP(=O)(O)OCC(COC(=O)CCCC/C=C\C/C=C\C/C=C\C/C=C\CC)OC(=O)CCCCCCC/C=C\CCCCCC)OC(=O)CCCCCCCCCCCCC. The van der Waals surface area contributed by atoms with Crippen molar-refractivity contribution in [2.24, 2.45) is 0 Å². The number of ether oxygens (including phenoxy) is 4. The van der Waals surface area contributed by atoms with Crippen molar-refractivity contribution in [3.05, 3.63) is 122 Å². The normalized spacial score (nSPS) is 14.6. The zero-order valence-corrected chi connectivity index (χ0v) is 63.0. The van der Waals surface area contributed by atoms with Gasteiger partial charge >= 0.3 is 39.5 Å². The van der Waals surface area contributed by atoms with Gasteiger partial charge in [-0.15, -0.1) is 0 Å². The molecule has 0 spiro atoms. The highest BCUT2D eigenvalue weighted by Crippen LogP contribution is 2.45. The quantitative estimate of drug-likeness (QED) is 0.0169. The van der Waals surface area contributed by atoms with Gasteiger partial charge in [-0.2, -0.15) is 0 Å². The van der Waals surface area contributed by atoms with Crippen LogP contribution < -0.4 is 0 Å². The number of hydrogen-bond donors (Lipinski definition) is 3. The zero-order chi connectivity index (χ0) is 71.8. The first-order valence-electron chi connectivity index (χ1n) is 37.8. The molecule has 17 nitrogen and oxygen atoms in total. The van der Waals surface area contributed by atoms with Gasteiger partial charge in [-0.05, 0) is 135 Å². The van der Waals surface area contributed by atoms with Crippen molar-refractivity contribution in [2.45, 2.75) is 316 Å². The highest BCUT2D eigenvalue weighted by molar-refractivity contribution is 7.47. The van der Waals surface area contributed by atoms with Crippen LogP contribution in [0.4, 0.5) is 0 Å². The lowest BCUT2D eigenvalue weighted by molar-refractivity contribution is -0.161. The second-order valence-corrected chi connectivity index (χ2v) is 27.7. The third-order valence-corrected chi connectivity index (χ3v) is 17.3. The predicted molar refractivity (Wildman–Crippen MR) is 399 cm³/mol. The Kier molecular flexibility index (Phi) is 67.6. The number of carbonyl (C=O) groups excluding carboxylic acids is 4. The summed E-state index contributed by atoms with van der Waals surface area (Å²) in [5.41, 5.74) is 0. The van der Waals surface area contributed by atoms with Crippen molar-refractivity contribution in [2.75, 3.05) is 39.6 Å². The van der Waals surface area contributed by atoms with E-state index in [1.54, 1.807) is 0 Å². The van der Waals surface area contributed by atoms with Gasteiger partial charge in [0, 0.05) is 25.7 Å². The Bertz CT molecular complexity index is 2340. The van der Waals surface area contributed by atoms with Gasteiger partial charge in [0.2, 0.25) is 0 Å². The molecule has 0 saturated heterocycles.